The average Bonchev–Trinajstić information content (AvgIpc) is 2.57. The summed E-state index contributed by atoms with van der Waals surface area (Å²) in [5.41, 5.74) is 0. The summed E-state index contributed by atoms with van der Waals surface area (Å²) in [6, 6.07) is 0. The first-order valence-corrected chi connectivity index (χ1v) is 9.70. The summed E-state index contributed by atoms with van der Waals surface area (Å²) in [6.07, 6.45) is 26.3. The average molecular weight is 323 g/mol. The Bertz CT molecular complexity index is 305. The summed E-state index contributed by atoms with van der Waals surface area (Å²) >= 11 is 0. The van der Waals surface area contributed by atoms with Gasteiger partial charge in [0.25, 0.3) is 0 Å². The van der Waals surface area contributed by atoms with E-state index in [-0.39, 0.29) is 5.97 Å². The molecule has 0 atom stereocenters. The van der Waals surface area contributed by atoms with Crippen molar-refractivity contribution in [2.24, 2.45) is 0 Å². The quantitative estimate of drug-likeness (QED) is 0.136. The lowest BCUT2D eigenvalue weighted by Crippen LogP contribution is -1.93. The van der Waals surface area contributed by atoms with Gasteiger partial charge in [-0.3, -0.25) is 0 Å². The molecule has 0 aliphatic rings. The zero-order valence-corrected chi connectivity index (χ0v) is 15.5. The van der Waals surface area contributed by atoms with E-state index in [2.05, 4.69) is 23.8 Å². The summed E-state index contributed by atoms with van der Waals surface area (Å²) in [7, 11) is 1.41. The maximum atomic E-state index is 10.9. The molecule has 0 aliphatic carbocycles. The lowest BCUT2D eigenvalue weighted by molar-refractivity contribution is -0.134. The van der Waals surface area contributed by atoms with Crippen LogP contribution in [0.25, 0.3) is 0 Å². The van der Waals surface area contributed by atoms with E-state index in [0.717, 1.165) is 6.42 Å². The van der Waals surface area contributed by atoms with Crippen molar-refractivity contribution in [2.75, 3.05) is 7.11 Å². The molecule has 2 heteroatoms. The van der Waals surface area contributed by atoms with Crippen molar-refractivity contribution in [1.82, 2.24) is 0 Å². The van der Waals surface area contributed by atoms with Gasteiger partial charge < -0.3 is 4.74 Å². The lowest BCUT2D eigenvalue weighted by Gasteiger charge is -2.00. The zero-order chi connectivity index (χ0) is 17.0. The molecule has 0 saturated heterocycles. The Hall–Kier alpha value is -1.05. The molecule has 0 unspecified atom stereocenters. The summed E-state index contributed by atoms with van der Waals surface area (Å²) in [5, 5.41) is 0. The number of hydrogen-bond donors (Lipinski definition) is 0. The number of esters is 1. The number of methoxy groups -OCH3 is 1. The SMILES string of the molecule is CCCCCCC=CCCCCCCCCCC=CC(=O)OC. The summed E-state index contributed by atoms with van der Waals surface area (Å²) in [4.78, 5) is 10.9. The highest BCUT2D eigenvalue weighted by atomic mass is 16.5. The van der Waals surface area contributed by atoms with Crippen LogP contribution >= 0.6 is 0 Å². The molecule has 0 aromatic rings. The molecule has 2 nitrogen and oxygen atoms in total. The van der Waals surface area contributed by atoms with Crippen LogP contribution in [0.2, 0.25) is 0 Å². The first kappa shape index (κ1) is 21.9. The van der Waals surface area contributed by atoms with Gasteiger partial charge in [0, 0.05) is 6.08 Å². The minimum Gasteiger partial charge on any atom is -0.466 e. The van der Waals surface area contributed by atoms with Crippen LogP contribution in [-0.2, 0) is 9.53 Å². The topological polar surface area (TPSA) is 26.3 Å². The van der Waals surface area contributed by atoms with Crippen LogP contribution in [0.1, 0.15) is 96.8 Å². The van der Waals surface area contributed by atoms with Crippen LogP contribution in [0, 0.1) is 0 Å². The van der Waals surface area contributed by atoms with E-state index < -0.39 is 0 Å². The van der Waals surface area contributed by atoms with E-state index in [0.29, 0.717) is 0 Å². The Balaban J connectivity index is 3.14. The van der Waals surface area contributed by atoms with Crippen LogP contribution in [0.3, 0.4) is 0 Å². The molecular weight excluding hydrogens is 284 g/mol. The highest BCUT2D eigenvalue weighted by molar-refractivity contribution is 5.81. The zero-order valence-electron chi connectivity index (χ0n) is 15.5. The molecule has 0 radical (unpaired) electrons. The molecule has 0 heterocycles. The fraction of sp³-hybridized carbons (Fsp3) is 0.762. The van der Waals surface area contributed by atoms with E-state index in [4.69, 9.17) is 0 Å². The summed E-state index contributed by atoms with van der Waals surface area (Å²) in [6.45, 7) is 2.26. The van der Waals surface area contributed by atoms with Gasteiger partial charge in [0.15, 0.2) is 0 Å². The minimum absolute atomic E-state index is 0.250. The van der Waals surface area contributed by atoms with E-state index in [9.17, 15) is 4.79 Å². The Morgan fingerprint density at radius 1 is 0.696 bits per heavy atom. The van der Waals surface area contributed by atoms with Gasteiger partial charge in [-0.15, -0.1) is 0 Å². The molecule has 0 aromatic heterocycles. The van der Waals surface area contributed by atoms with Crippen molar-refractivity contribution in [3.05, 3.63) is 24.3 Å². The van der Waals surface area contributed by atoms with Crippen molar-refractivity contribution in [2.45, 2.75) is 96.8 Å². The van der Waals surface area contributed by atoms with Gasteiger partial charge in [0.05, 0.1) is 7.11 Å². The number of unbranched alkanes of at least 4 members (excludes halogenated alkanes) is 12. The van der Waals surface area contributed by atoms with Crippen LogP contribution in [0.15, 0.2) is 24.3 Å². The van der Waals surface area contributed by atoms with Crippen LogP contribution in [-0.4, -0.2) is 13.1 Å². The van der Waals surface area contributed by atoms with E-state index in [1.807, 2.05) is 6.08 Å². The highest BCUT2D eigenvalue weighted by Gasteiger charge is 1.92. The number of allylic oxidation sites excluding steroid dienone is 3. The van der Waals surface area contributed by atoms with Gasteiger partial charge in [0.1, 0.15) is 0 Å². The molecule has 23 heavy (non-hydrogen) atoms. The maximum absolute atomic E-state index is 10.9. The molecular formula is C21H38O2. The van der Waals surface area contributed by atoms with E-state index >= 15 is 0 Å². The van der Waals surface area contributed by atoms with Crippen molar-refractivity contribution in [3.63, 3.8) is 0 Å². The number of hydrogen-bond acceptors (Lipinski definition) is 2. The minimum atomic E-state index is -0.250. The molecule has 0 aliphatic heterocycles. The second kappa shape index (κ2) is 19.0. The maximum Gasteiger partial charge on any atom is 0.330 e. The Labute approximate surface area is 144 Å². The normalized spacial score (nSPS) is 11.6. The van der Waals surface area contributed by atoms with Gasteiger partial charge in [-0.25, -0.2) is 4.79 Å². The fourth-order valence-corrected chi connectivity index (χ4v) is 2.58. The first-order valence-electron chi connectivity index (χ1n) is 9.70. The lowest BCUT2D eigenvalue weighted by atomic mass is 10.1. The Morgan fingerprint density at radius 3 is 1.61 bits per heavy atom. The number of carbonyl (C=O) groups is 1. The number of ether oxygens (including phenoxy) is 1. The molecule has 0 N–H and O–H groups in total. The molecule has 0 amide bonds. The number of carbonyl (C=O) groups excluding carboxylic acids is 1. The monoisotopic (exact) mass is 322 g/mol. The fourth-order valence-electron chi connectivity index (χ4n) is 2.58. The second-order valence-electron chi connectivity index (χ2n) is 6.30. The molecule has 0 aromatic carbocycles. The third-order valence-corrected chi connectivity index (χ3v) is 4.09. The second-order valence-corrected chi connectivity index (χ2v) is 6.30. The van der Waals surface area contributed by atoms with Gasteiger partial charge in [0.2, 0.25) is 0 Å². The third kappa shape index (κ3) is 18.9. The van der Waals surface area contributed by atoms with Gasteiger partial charge >= 0.3 is 5.97 Å². The summed E-state index contributed by atoms with van der Waals surface area (Å²) in [5.74, 6) is -0.250. The van der Waals surface area contributed by atoms with Gasteiger partial charge in [-0.1, -0.05) is 76.5 Å². The first-order chi connectivity index (χ1) is 11.3. The van der Waals surface area contributed by atoms with Gasteiger partial charge in [-0.2, -0.15) is 0 Å². The van der Waals surface area contributed by atoms with E-state index in [1.165, 1.54) is 96.7 Å². The molecule has 0 rings (SSSR count). The van der Waals surface area contributed by atoms with Crippen LogP contribution < -0.4 is 0 Å². The van der Waals surface area contributed by atoms with E-state index in [1.54, 1.807) is 0 Å². The predicted molar refractivity (Wildman–Crippen MR) is 101 cm³/mol. The number of rotatable bonds is 16. The van der Waals surface area contributed by atoms with Crippen molar-refractivity contribution in [1.29, 1.82) is 0 Å². The molecule has 0 bridgehead atoms. The highest BCUT2D eigenvalue weighted by Crippen LogP contribution is 2.10. The third-order valence-electron chi connectivity index (χ3n) is 4.09. The van der Waals surface area contributed by atoms with Gasteiger partial charge in [-0.05, 0) is 38.5 Å². The van der Waals surface area contributed by atoms with Crippen LogP contribution in [0.4, 0.5) is 0 Å². The largest absolute Gasteiger partial charge is 0.466 e. The van der Waals surface area contributed by atoms with Crippen molar-refractivity contribution < 1.29 is 9.53 Å². The Kier molecular flexibility index (Phi) is 18.1. The molecule has 0 spiro atoms. The molecule has 0 saturated carbocycles. The van der Waals surface area contributed by atoms with Crippen molar-refractivity contribution in [3.8, 4) is 0 Å². The summed E-state index contributed by atoms with van der Waals surface area (Å²) < 4.78 is 4.55. The predicted octanol–water partition coefficient (Wildman–Crippen LogP) is 6.75. The van der Waals surface area contributed by atoms with Crippen molar-refractivity contribution >= 4 is 5.97 Å². The Morgan fingerprint density at radius 2 is 1.13 bits per heavy atom. The standard InChI is InChI=1S/C21H38O2/c1-3-4-5-6-7-8-9-10-11-12-13-14-15-16-17-18-19-20-21(22)23-2/h8-9,19-20H,3-7,10-18H2,1-2H3. The molecule has 134 valence electrons. The van der Waals surface area contributed by atoms with Crippen LogP contribution in [0.5, 0.6) is 0 Å². The smallest absolute Gasteiger partial charge is 0.330 e. The molecule has 0 fully saturated rings.